The fraction of sp³-hybridized carbons (Fsp3) is 0.267. The zero-order valence-electron chi connectivity index (χ0n) is 12.5. The number of hydrogen-bond donors (Lipinski definition) is 2. The molecule has 1 aromatic carbocycles. The molecule has 23 heavy (non-hydrogen) atoms. The summed E-state index contributed by atoms with van der Waals surface area (Å²) in [5.41, 5.74) is 0. The minimum absolute atomic E-state index is 0.0229. The molecule has 0 aliphatic heterocycles. The summed E-state index contributed by atoms with van der Waals surface area (Å²) in [6.45, 7) is 1.82. The molecule has 0 unspecified atom stereocenters. The summed E-state index contributed by atoms with van der Waals surface area (Å²) in [6.07, 6.45) is 1.57. The van der Waals surface area contributed by atoms with Gasteiger partial charge in [-0.2, -0.15) is 0 Å². The molecular weight excluding hydrogens is 384 g/mol. The first kappa shape index (κ1) is 17.7. The van der Waals surface area contributed by atoms with Gasteiger partial charge in [-0.3, -0.25) is 4.79 Å². The van der Waals surface area contributed by atoms with E-state index in [0.29, 0.717) is 5.76 Å². The van der Waals surface area contributed by atoms with E-state index < -0.39 is 10.0 Å². The maximum atomic E-state index is 12.1. The van der Waals surface area contributed by atoms with Crippen molar-refractivity contribution in [3.05, 3.63) is 52.9 Å². The van der Waals surface area contributed by atoms with Gasteiger partial charge in [-0.05, 0) is 43.3 Å². The predicted octanol–water partition coefficient (Wildman–Crippen LogP) is 2.59. The fourth-order valence-corrected chi connectivity index (χ4v) is 3.21. The van der Waals surface area contributed by atoms with Crippen LogP contribution in [-0.2, 0) is 14.8 Å². The van der Waals surface area contributed by atoms with Gasteiger partial charge in [0.25, 0.3) is 0 Å². The molecule has 0 saturated carbocycles. The lowest BCUT2D eigenvalue weighted by atomic mass is 10.2. The van der Waals surface area contributed by atoms with Gasteiger partial charge in [-0.1, -0.05) is 15.9 Å². The standard InChI is InChI=1S/C15H17BrN2O4S/c1-11(14-3-2-10-22-14)18-15(19)8-9-17-23(20,21)13-6-4-12(16)5-7-13/h2-7,10-11,17H,8-9H2,1H3,(H,18,19)/t11-/m0/s1. The first-order chi connectivity index (χ1) is 10.9. The Kier molecular flexibility index (Phi) is 5.97. The largest absolute Gasteiger partial charge is 0.467 e. The van der Waals surface area contributed by atoms with E-state index in [0.717, 1.165) is 4.47 Å². The number of carbonyl (C=O) groups excluding carboxylic acids is 1. The number of hydrogen-bond acceptors (Lipinski definition) is 4. The number of carbonyl (C=O) groups is 1. The Morgan fingerprint density at radius 1 is 1.26 bits per heavy atom. The molecule has 1 heterocycles. The average Bonchev–Trinajstić information content (AvgIpc) is 3.01. The van der Waals surface area contributed by atoms with E-state index in [9.17, 15) is 13.2 Å². The van der Waals surface area contributed by atoms with Crippen LogP contribution in [0.4, 0.5) is 0 Å². The lowest BCUT2D eigenvalue weighted by Crippen LogP contribution is -2.32. The first-order valence-electron chi connectivity index (χ1n) is 6.96. The number of furan rings is 1. The molecule has 6 nitrogen and oxygen atoms in total. The molecule has 8 heteroatoms. The Morgan fingerprint density at radius 3 is 2.57 bits per heavy atom. The van der Waals surface area contributed by atoms with Gasteiger partial charge < -0.3 is 9.73 Å². The van der Waals surface area contributed by atoms with Crippen LogP contribution in [-0.4, -0.2) is 20.9 Å². The van der Waals surface area contributed by atoms with Gasteiger partial charge in [0.1, 0.15) is 5.76 Å². The Morgan fingerprint density at radius 2 is 1.96 bits per heavy atom. The van der Waals surface area contributed by atoms with Crippen LogP contribution < -0.4 is 10.0 Å². The highest BCUT2D eigenvalue weighted by Gasteiger charge is 2.15. The smallest absolute Gasteiger partial charge is 0.240 e. The van der Waals surface area contributed by atoms with Crippen molar-refractivity contribution in [1.82, 2.24) is 10.0 Å². The third kappa shape index (κ3) is 5.19. The summed E-state index contributed by atoms with van der Waals surface area (Å²) in [5.74, 6) is 0.390. The number of halogens is 1. The molecule has 2 aromatic rings. The molecule has 0 saturated heterocycles. The lowest BCUT2D eigenvalue weighted by molar-refractivity contribution is -0.121. The second-order valence-corrected chi connectivity index (χ2v) is 7.59. The first-order valence-corrected chi connectivity index (χ1v) is 9.24. The lowest BCUT2D eigenvalue weighted by Gasteiger charge is -2.12. The van der Waals surface area contributed by atoms with E-state index >= 15 is 0 Å². The highest BCUT2D eigenvalue weighted by atomic mass is 79.9. The zero-order valence-corrected chi connectivity index (χ0v) is 14.9. The monoisotopic (exact) mass is 400 g/mol. The van der Waals surface area contributed by atoms with Crippen molar-refractivity contribution >= 4 is 31.9 Å². The van der Waals surface area contributed by atoms with Crippen molar-refractivity contribution in [1.29, 1.82) is 0 Å². The van der Waals surface area contributed by atoms with E-state index in [2.05, 4.69) is 26.0 Å². The van der Waals surface area contributed by atoms with Crippen LogP contribution in [0.5, 0.6) is 0 Å². The zero-order chi connectivity index (χ0) is 16.9. The highest BCUT2D eigenvalue weighted by molar-refractivity contribution is 9.10. The summed E-state index contributed by atoms with van der Waals surface area (Å²) in [4.78, 5) is 12.0. The number of amides is 1. The summed E-state index contributed by atoms with van der Waals surface area (Å²) >= 11 is 3.25. The highest BCUT2D eigenvalue weighted by Crippen LogP contribution is 2.14. The molecule has 0 aliphatic rings. The number of benzene rings is 1. The molecule has 0 radical (unpaired) electrons. The van der Waals surface area contributed by atoms with Gasteiger partial charge in [0.05, 0.1) is 17.2 Å². The van der Waals surface area contributed by atoms with Crippen LogP contribution in [0.15, 0.2) is 56.4 Å². The van der Waals surface area contributed by atoms with Crippen LogP contribution >= 0.6 is 15.9 Å². The molecule has 0 spiro atoms. The molecule has 2 N–H and O–H groups in total. The summed E-state index contributed by atoms with van der Waals surface area (Å²) in [5, 5.41) is 2.74. The molecular formula is C15H17BrN2O4S. The van der Waals surface area contributed by atoms with Crippen molar-refractivity contribution in [2.45, 2.75) is 24.3 Å². The van der Waals surface area contributed by atoms with Gasteiger partial charge in [0, 0.05) is 17.4 Å². The van der Waals surface area contributed by atoms with Crippen LogP contribution in [0.3, 0.4) is 0 Å². The molecule has 1 atom stereocenters. The van der Waals surface area contributed by atoms with Gasteiger partial charge >= 0.3 is 0 Å². The fourth-order valence-electron chi connectivity index (χ4n) is 1.92. The van der Waals surface area contributed by atoms with Gasteiger partial charge in [0.2, 0.25) is 15.9 Å². The van der Waals surface area contributed by atoms with Gasteiger partial charge in [-0.15, -0.1) is 0 Å². The third-order valence-electron chi connectivity index (χ3n) is 3.12. The quantitative estimate of drug-likeness (QED) is 0.747. The summed E-state index contributed by atoms with van der Waals surface area (Å²) < 4.78 is 32.5. The van der Waals surface area contributed by atoms with E-state index in [4.69, 9.17) is 4.42 Å². The normalized spacial score (nSPS) is 12.8. The van der Waals surface area contributed by atoms with Gasteiger partial charge in [0.15, 0.2) is 0 Å². The van der Waals surface area contributed by atoms with Crippen LogP contribution in [0.2, 0.25) is 0 Å². The van der Waals surface area contributed by atoms with E-state index in [-0.39, 0.29) is 29.8 Å². The summed E-state index contributed by atoms with van der Waals surface area (Å²) in [6, 6.07) is 9.52. The predicted molar refractivity (Wildman–Crippen MR) is 89.2 cm³/mol. The minimum atomic E-state index is -3.61. The molecule has 0 fully saturated rings. The average molecular weight is 401 g/mol. The summed E-state index contributed by atoms with van der Waals surface area (Å²) in [7, 11) is -3.61. The van der Waals surface area contributed by atoms with E-state index in [1.54, 1.807) is 31.2 Å². The Hall–Kier alpha value is -1.64. The van der Waals surface area contributed by atoms with Crippen LogP contribution in [0.1, 0.15) is 25.1 Å². The van der Waals surface area contributed by atoms with Crippen molar-refractivity contribution in [2.24, 2.45) is 0 Å². The Bertz CT molecular complexity index is 742. The second kappa shape index (κ2) is 7.76. The van der Waals surface area contributed by atoms with E-state index in [1.807, 2.05) is 0 Å². The third-order valence-corrected chi connectivity index (χ3v) is 5.12. The molecule has 0 aliphatic carbocycles. The Labute approximate surface area is 143 Å². The Balaban J connectivity index is 1.82. The minimum Gasteiger partial charge on any atom is -0.467 e. The van der Waals surface area contributed by atoms with Crippen molar-refractivity contribution in [3.63, 3.8) is 0 Å². The molecule has 1 amide bonds. The van der Waals surface area contributed by atoms with Crippen LogP contribution in [0.25, 0.3) is 0 Å². The van der Waals surface area contributed by atoms with Crippen molar-refractivity contribution < 1.29 is 17.6 Å². The SMILES string of the molecule is C[C@H](NC(=O)CCNS(=O)(=O)c1ccc(Br)cc1)c1ccco1. The molecule has 124 valence electrons. The van der Waals surface area contributed by atoms with Crippen LogP contribution in [0, 0.1) is 0 Å². The number of sulfonamides is 1. The molecule has 1 aromatic heterocycles. The van der Waals surface area contributed by atoms with Crippen molar-refractivity contribution in [2.75, 3.05) is 6.54 Å². The second-order valence-electron chi connectivity index (χ2n) is 4.91. The topological polar surface area (TPSA) is 88.4 Å². The maximum absolute atomic E-state index is 12.1. The molecule has 2 rings (SSSR count). The van der Waals surface area contributed by atoms with Crippen molar-refractivity contribution in [3.8, 4) is 0 Å². The van der Waals surface area contributed by atoms with E-state index in [1.165, 1.54) is 18.4 Å². The number of rotatable bonds is 7. The number of nitrogens with one attached hydrogen (secondary N) is 2. The van der Waals surface area contributed by atoms with Gasteiger partial charge in [-0.25, -0.2) is 13.1 Å². The maximum Gasteiger partial charge on any atom is 0.240 e. The molecule has 0 bridgehead atoms.